The van der Waals surface area contributed by atoms with Crippen molar-refractivity contribution in [1.82, 2.24) is 45.2 Å². The molecule has 1 aliphatic carbocycles. The van der Waals surface area contributed by atoms with Gasteiger partial charge in [-0.3, -0.25) is 28.7 Å². The molecule has 0 radical (unpaired) electrons. The molecule has 6 heterocycles. The molecule has 3 aliphatic rings. The Morgan fingerprint density at radius 3 is 2.38 bits per heavy atom. The first kappa shape index (κ1) is 50.4. The zero-order valence-corrected chi connectivity index (χ0v) is 44.0. The van der Waals surface area contributed by atoms with Crippen molar-refractivity contribution in [1.29, 1.82) is 0 Å². The van der Waals surface area contributed by atoms with E-state index in [1.165, 1.54) is 4.90 Å². The molecule has 74 heavy (non-hydrogen) atoms. The standard InChI is InChI=1S/C55H59ClN10O7S/c1-28-30(3)74-54-46(28)47(33-13-15-36(56)16-14-33)60-41(50-63-62-31(4)66(50)54)26-45(68)59-37-23-40(24-37)72-39-17-18-43-35(21-39)22-44(73-43)52(70)61-48(55(5,6)7)53(71)65-27-38(67)25-42(65)51(69)58-29(2)32-9-11-34(12-10-32)49-57-19-20-64(49)8/h9-22,29,37-38,40-42,48,67H,23-27H2,1-8H3,(H,58,69)(H,59,68)(H,61,70)/t29?,37-,38-,40+,41+,42+,48-/m1/s1. The Bertz CT molecular complexity index is 3330. The van der Waals surface area contributed by atoms with Crippen molar-refractivity contribution in [3.63, 3.8) is 0 Å². The Labute approximate surface area is 437 Å². The number of benzene rings is 3. The first-order chi connectivity index (χ1) is 35.3. The number of β-amino-alcohol motifs (C(OH)–C–C–N with tert-alkyl or cyclic N) is 1. The number of thiophene rings is 1. The SMILES string of the molecule is Cc1sc2c(c1C)C(c1ccc(Cl)cc1)=N[C@@H](CC(=O)N[C@H]1C[C@@H](Oc3ccc4oc(C(=O)N[C@H](C(=O)N5C[C@H](O)C[C@H]5C(=O)NC(C)c5ccc(-c6nccn6C)cc5)C(C)(C)C)cc4c3)C1)c1nnc(C)n1-2. The third-order valence-electron chi connectivity index (χ3n) is 14.3. The monoisotopic (exact) mass is 1040 g/mol. The Morgan fingerprint density at radius 2 is 1.68 bits per heavy atom. The summed E-state index contributed by atoms with van der Waals surface area (Å²) in [7, 11) is 1.92. The number of hydrogen-bond acceptors (Lipinski definition) is 12. The Morgan fingerprint density at radius 1 is 0.946 bits per heavy atom. The number of nitrogens with one attached hydrogen (secondary N) is 3. The second kappa shape index (κ2) is 19.9. The predicted molar refractivity (Wildman–Crippen MR) is 282 cm³/mol. The largest absolute Gasteiger partial charge is 0.490 e. The summed E-state index contributed by atoms with van der Waals surface area (Å²) in [6.45, 7) is 13.4. The zero-order chi connectivity index (χ0) is 52.3. The molecule has 1 unspecified atom stereocenters. The van der Waals surface area contributed by atoms with Gasteiger partial charge in [-0.05, 0) is 80.6 Å². The van der Waals surface area contributed by atoms with E-state index in [1.807, 2.05) is 106 Å². The van der Waals surface area contributed by atoms with E-state index in [4.69, 9.17) is 25.7 Å². The van der Waals surface area contributed by atoms with Crippen LogP contribution in [0.4, 0.5) is 0 Å². The number of ether oxygens (including phenoxy) is 1. The van der Waals surface area contributed by atoms with Crippen molar-refractivity contribution < 1.29 is 33.4 Å². The van der Waals surface area contributed by atoms with Gasteiger partial charge in [0.25, 0.3) is 5.91 Å². The number of hydrogen-bond donors (Lipinski definition) is 4. The number of furan rings is 1. The smallest absolute Gasteiger partial charge is 0.287 e. The molecular weight excluding hydrogens is 980 g/mol. The molecule has 4 aromatic heterocycles. The molecule has 3 aromatic carbocycles. The fraction of sp³-hybridized carbons (Fsp3) is 0.382. The number of nitrogens with zero attached hydrogens (tertiary/aromatic N) is 7. The molecule has 4 amide bonds. The van der Waals surface area contributed by atoms with Crippen molar-refractivity contribution in [3.8, 4) is 22.1 Å². The maximum absolute atomic E-state index is 14.4. The first-order valence-corrected chi connectivity index (χ1v) is 26.0. The van der Waals surface area contributed by atoms with Crippen LogP contribution in [0.15, 0.2) is 94.6 Å². The van der Waals surface area contributed by atoms with Crippen LogP contribution in [0.1, 0.15) is 115 Å². The summed E-state index contributed by atoms with van der Waals surface area (Å²) < 4.78 is 16.3. The van der Waals surface area contributed by atoms with E-state index >= 15 is 0 Å². The number of aromatic nitrogens is 5. The van der Waals surface area contributed by atoms with E-state index in [-0.39, 0.29) is 43.2 Å². The van der Waals surface area contributed by atoms with E-state index in [0.717, 1.165) is 55.1 Å². The van der Waals surface area contributed by atoms with Gasteiger partial charge in [0.1, 0.15) is 52.2 Å². The van der Waals surface area contributed by atoms with E-state index in [1.54, 1.807) is 41.8 Å². The number of rotatable bonds is 13. The first-order valence-electron chi connectivity index (χ1n) is 24.8. The number of amides is 4. The van der Waals surface area contributed by atoms with Crippen molar-refractivity contribution in [3.05, 3.63) is 135 Å². The van der Waals surface area contributed by atoms with Crippen LogP contribution in [0.3, 0.4) is 0 Å². The number of aliphatic imine (C=N–C) groups is 1. The van der Waals surface area contributed by atoms with E-state index in [9.17, 15) is 24.3 Å². The second-order valence-electron chi connectivity index (χ2n) is 20.8. The average Bonchev–Trinajstić information content (AvgIpc) is 4.20. The molecule has 0 bridgehead atoms. The molecule has 2 aliphatic heterocycles. The summed E-state index contributed by atoms with van der Waals surface area (Å²) in [5.41, 5.74) is 5.26. The van der Waals surface area contributed by atoms with Crippen molar-refractivity contribution in [2.75, 3.05) is 6.54 Å². The van der Waals surface area contributed by atoms with Gasteiger partial charge in [-0.2, -0.15) is 0 Å². The number of fused-ring (bicyclic) bond motifs is 4. The van der Waals surface area contributed by atoms with Crippen LogP contribution in [-0.4, -0.2) is 101 Å². The van der Waals surface area contributed by atoms with Gasteiger partial charge < -0.3 is 39.7 Å². The van der Waals surface area contributed by atoms with Crippen molar-refractivity contribution in [2.24, 2.45) is 17.5 Å². The lowest BCUT2D eigenvalue weighted by molar-refractivity contribution is -0.142. The maximum atomic E-state index is 14.4. The third kappa shape index (κ3) is 9.97. The third-order valence-corrected chi connectivity index (χ3v) is 15.8. The number of aliphatic hydroxyl groups excluding tert-OH is 1. The summed E-state index contributed by atoms with van der Waals surface area (Å²) in [5, 5.41) is 31.0. The van der Waals surface area contributed by atoms with Crippen LogP contribution in [0, 0.1) is 26.2 Å². The normalized spacial score (nSPS) is 20.2. The van der Waals surface area contributed by atoms with Gasteiger partial charge in [0.05, 0.1) is 24.3 Å². The molecule has 17 nitrogen and oxygen atoms in total. The topological polar surface area (TPSA) is 211 Å². The van der Waals surface area contributed by atoms with Crippen LogP contribution < -0.4 is 20.7 Å². The Kier molecular flexibility index (Phi) is 13.6. The van der Waals surface area contributed by atoms with Gasteiger partial charge in [-0.1, -0.05) is 68.8 Å². The molecule has 384 valence electrons. The number of likely N-dealkylation sites (tertiary alicyclic amines) is 1. The summed E-state index contributed by atoms with van der Waals surface area (Å²) in [4.78, 5) is 68.0. The fourth-order valence-corrected chi connectivity index (χ4v) is 11.4. The van der Waals surface area contributed by atoms with E-state index in [2.05, 4.69) is 45.0 Å². The van der Waals surface area contributed by atoms with Gasteiger partial charge in [0, 0.05) is 83.3 Å². The Balaban J connectivity index is 0.754. The maximum Gasteiger partial charge on any atom is 0.287 e. The van der Waals surface area contributed by atoms with Gasteiger partial charge in [-0.15, -0.1) is 21.5 Å². The average molecular weight is 1040 g/mol. The summed E-state index contributed by atoms with van der Waals surface area (Å²) in [6, 6.07) is 19.1. The lowest BCUT2D eigenvalue weighted by Crippen LogP contribution is -2.57. The molecule has 0 spiro atoms. The summed E-state index contributed by atoms with van der Waals surface area (Å²) in [5.74, 6) is 1.08. The highest BCUT2D eigenvalue weighted by Gasteiger charge is 2.45. The highest BCUT2D eigenvalue weighted by Crippen LogP contribution is 2.40. The number of aliphatic hydroxyl groups is 1. The molecule has 1 saturated heterocycles. The number of halogens is 1. The lowest BCUT2D eigenvalue weighted by Gasteiger charge is -2.36. The molecule has 1 saturated carbocycles. The quantitative estimate of drug-likeness (QED) is 0.0873. The van der Waals surface area contributed by atoms with Crippen LogP contribution in [0.2, 0.25) is 5.02 Å². The molecular formula is C55H59ClN10O7S. The molecule has 7 aromatic rings. The molecule has 4 N–H and O–H groups in total. The zero-order valence-electron chi connectivity index (χ0n) is 42.5. The highest BCUT2D eigenvalue weighted by atomic mass is 35.5. The summed E-state index contributed by atoms with van der Waals surface area (Å²) >= 11 is 7.94. The Hall–Kier alpha value is -7.15. The van der Waals surface area contributed by atoms with Crippen LogP contribution in [-0.2, 0) is 21.4 Å². The minimum absolute atomic E-state index is 0.00307. The fourth-order valence-electron chi connectivity index (χ4n) is 10.1. The number of carbonyl (C=O) groups excluding carboxylic acids is 4. The van der Waals surface area contributed by atoms with Crippen LogP contribution in [0.5, 0.6) is 5.75 Å². The number of aryl methyl sites for hydroxylation is 3. The predicted octanol–water partition coefficient (Wildman–Crippen LogP) is 8.05. The van der Waals surface area contributed by atoms with Crippen molar-refractivity contribution in [2.45, 2.75) is 117 Å². The highest BCUT2D eigenvalue weighted by molar-refractivity contribution is 7.15. The van der Waals surface area contributed by atoms with Crippen LogP contribution >= 0.6 is 22.9 Å². The van der Waals surface area contributed by atoms with Gasteiger partial charge in [0.2, 0.25) is 17.7 Å². The van der Waals surface area contributed by atoms with E-state index in [0.29, 0.717) is 40.4 Å². The molecule has 5 atom stereocenters. The summed E-state index contributed by atoms with van der Waals surface area (Å²) in [6.07, 6.45) is 3.85. The second-order valence-corrected chi connectivity index (χ2v) is 22.4. The van der Waals surface area contributed by atoms with Gasteiger partial charge >= 0.3 is 0 Å². The molecule has 10 rings (SSSR count). The number of imidazole rings is 1. The van der Waals surface area contributed by atoms with Gasteiger partial charge in [-0.25, -0.2) is 4.98 Å². The minimum Gasteiger partial charge on any atom is -0.490 e. The van der Waals surface area contributed by atoms with Crippen molar-refractivity contribution >= 4 is 63.2 Å². The van der Waals surface area contributed by atoms with E-state index < -0.39 is 53.4 Å². The molecule has 2 fully saturated rings. The minimum atomic E-state index is -1.07. The van der Waals surface area contributed by atoms with Gasteiger partial charge in [0.15, 0.2) is 11.6 Å². The lowest BCUT2D eigenvalue weighted by atomic mass is 9.85. The van der Waals surface area contributed by atoms with Crippen LogP contribution in [0.25, 0.3) is 27.4 Å². The number of carbonyl (C=O) groups is 4. The molecule has 19 heteroatoms.